The number of likely N-dealkylation sites (tertiary alicyclic amines) is 1. The van der Waals surface area contributed by atoms with Crippen LogP contribution in [0.1, 0.15) is 65.2 Å². The Labute approximate surface area is 152 Å². The summed E-state index contributed by atoms with van der Waals surface area (Å²) in [5.74, 6) is 1.60. The van der Waals surface area contributed by atoms with E-state index >= 15 is 0 Å². The standard InChI is InChI=1S/C21H36N2O2/c1-19-9-17-10-20(2,13-19)15-21(11-17,14-19)18(25)22-5-8-23-6-3-16(12-24)4-7-23/h16-17,24H,3-15H2,1-2H3,(H,22,25)/t17?,19-,20-,21?/m0/s1. The molecular weight excluding hydrogens is 312 g/mol. The molecule has 2 atom stereocenters. The summed E-state index contributed by atoms with van der Waals surface area (Å²) in [4.78, 5) is 15.6. The maximum atomic E-state index is 13.2. The summed E-state index contributed by atoms with van der Waals surface area (Å²) in [6.07, 6.45) is 9.55. The topological polar surface area (TPSA) is 52.6 Å². The molecule has 1 saturated heterocycles. The molecule has 0 aromatic carbocycles. The predicted molar refractivity (Wildman–Crippen MR) is 99.1 cm³/mol. The largest absolute Gasteiger partial charge is 0.396 e. The molecule has 4 saturated carbocycles. The van der Waals surface area contributed by atoms with Gasteiger partial charge in [0.05, 0.1) is 5.41 Å². The van der Waals surface area contributed by atoms with Crippen molar-refractivity contribution in [3.05, 3.63) is 0 Å². The molecule has 4 heteroatoms. The molecule has 4 nitrogen and oxygen atoms in total. The molecule has 5 fully saturated rings. The minimum atomic E-state index is -0.0766. The first-order valence-corrected chi connectivity index (χ1v) is 10.5. The van der Waals surface area contributed by atoms with Crippen LogP contribution in [0.5, 0.6) is 0 Å². The number of aliphatic hydroxyl groups is 1. The fourth-order valence-corrected chi connectivity index (χ4v) is 7.61. The number of aliphatic hydroxyl groups excluding tert-OH is 1. The molecule has 4 bridgehead atoms. The van der Waals surface area contributed by atoms with Crippen molar-refractivity contribution in [3.63, 3.8) is 0 Å². The van der Waals surface area contributed by atoms with Crippen molar-refractivity contribution in [3.8, 4) is 0 Å². The number of carbonyl (C=O) groups is 1. The Morgan fingerprint density at radius 3 is 2.28 bits per heavy atom. The Morgan fingerprint density at radius 1 is 1.08 bits per heavy atom. The molecule has 25 heavy (non-hydrogen) atoms. The fourth-order valence-electron chi connectivity index (χ4n) is 7.61. The Bertz CT molecular complexity index is 508. The molecule has 0 unspecified atom stereocenters. The SMILES string of the molecule is C[C@@]12CC3CC(C(=O)NCCN4CCC(CO)CC4)(C1)C[C@@](C)(C3)C2. The highest BCUT2D eigenvalue weighted by molar-refractivity contribution is 5.83. The average Bonchev–Trinajstić information content (AvgIpc) is 2.52. The minimum Gasteiger partial charge on any atom is -0.396 e. The monoisotopic (exact) mass is 348 g/mol. The number of rotatable bonds is 5. The first kappa shape index (κ1) is 17.8. The second kappa shape index (κ2) is 6.23. The molecule has 0 aromatic heterocycles. The van der Waals surface area contributed by atoms with E-state index in [-0.39, 0.29) is 5.41 Å². The Morgan fingerprint density at radius 2 is 1.72 bits per heavy atom. The summed E-state index contributed by atoms with van der Waals surface area (Å²) >= 11 is 0. The van der Waals surface area contributed by atoms with Crippen LogP contribution in [-0.2, 0) is 4.79 Å². The van der Waals surface area contributed by atoms with E-state index in [1.807, 2.05) is 0 Å². The molecule has 2 N–H and O–H groups in total. The lowest BCUT2D eigenvalue weighted by Gasteiger charge is -2.64. The van der Waals surface area contributed by atoms with Gasteiger partial charge in [0.25, 0.3) is 0 Å². The predicted octanol–water partition coefficient (Wildman–Crippen LogP) is 2.80. The molecule has 4 aliphatic carbocycles. The third-order valence-electron chi connectivity index (χ3n) is 7.79. The molecule has 1 amide bonds. The molecule has 0 aromatic rings. The highest BCUT2D eigenvalue weighted by Crippen LogP contribution is 2.69. The van der Waals surface area contributed by atoms with E-state index in [0.717, 1.165) is 64.2 Å². The maximum Gasteiger partial charge on any atom is 0.226 e. The van der Waals surface area contributed by atoms with Crippen molar-refractivity contribution in [2.75, 3.05) is 32.8 Å². The zero-order valence-corrected chi connectivity index (χ0v) is 16.1. The zero-order chi connectivity index (χ0) is 17.7. The lowest BCUT2D eigenvalue weighted by molar-refractivity contribution is -0.170. The van der Waals surface area contributed by atoms with Crippen LogP contribution in [0.25, 0.3) is 0 Å². The number of amides is 1. The van der Waals surface area contributed by atoms with Gasteiger partial charge in [0, 0.05) is 19.7 Å². The summed E-state index contributed by atoms with van der Waals surface area (Å²) < 4.78 is 0. The molecule has 5 aliphatic rings. The molecule has 0 radical (unpaired) electrons. The smallest absolute Gasteiger partial charge is 0.226 e. The van der Waals surface area contributed by atoms with Crippen LogP contribution < -0.4 is 5.32 Å². The molecular formula is C21H36N2O2. The lowest BCUT2D eigenvalue weighted by Crippen LogP contribution is -2.60. The van der Waals surface area contributed by atoms with Crippen LogP contribution in [0.15, 0.2) is 0 Å². The van der Waals surface area contributed by atoms with E-state index < -0.39 is 0 Å². The van der Waals surface area contributed by atoms with Gasteiger partial charge in [-0.1, -0.05) is 13.8 Å². The van der Waals surface area contributed by atoms with Gasteiger partial charge >= 0.3 is 0 Å². The third kappa shape index (κ3) is 3.37. The van der Waals surface area contributed by atoms with Gasteiger partial charge in [-0.2, -0.15) is 0 Å². The molecule has 1 heterocycles. The molecule has 142 valence electrons. The van der Waals surface area contributed by atoms with Crippen LogP contribution in [0, 0.1) is 28.1 Å². The van der Waals surface area contributed by atoms with Crippen molar-refractivity contribution >= 4 is 5.91 Å². The summed E-state index contributed by atoms with van der Waals surface area (Å²) in [5.41, 5.74) is 0.724. The summed E-state index contributed by atoms with van der Waals surface area (Å²) in [6.45, 7) is 9.05. The van der Waals surface area contributed by atoms with E-state index in [1.165, 1.54) is 19.3 Å². The van der Waals surface area contributed by atoms with E-state index in [9.17, 15) is 9.90 Å². The number of piperidine rings is 1. The second-order valence-electron chi connectivity index (χ2n) is 10.6. The van der Waals surface area contributed by atoms with Gasteiger partial charge in [0.2, 0.25) is 5.91 Å². The van der Waals surface area contributed by atoms with Crippen molar-refractivity contribution in [2.24, 2.45) is 28.1 Å². The Kier molecular flexibility index (Phi) is 4.43. The van der Waals surface area contributed by atoms with E-state index in [4.69, 9.17) is 0 Å². The third-order valence-corrected chi connectivity index (χ3v) is 7.79. The summed E-state index contributed by atoms with van der Waals surface area (Å²) in [7, 11) is 0. The summed E-state index contributed by atoms with van der Waals surface area (Å²) in [5, 5.41) is 12.6. The van der Waals surface area contributed by atoms with Crippen LogP contribution in [0.3, 0.4) is 0 Å². The van der Waals surface area contributed by atoms with Gasteiger partial charge in [0.1, 0.15) is 0 Å². The van der Waals surface area contributed by atoms with Gasteiger partial charge in [0.15, 0.2) is 0 Å². The lowest BCUT2D eigenvalue weighted by atomic mass is 9.40. The van der Waals surface area contributed by atoms with Crippen molar-refractivity contribution in [2.45, 2.75) is 65.2 Å². The normalized spacial score (nSPS) is 44.2. The number of hydrogen-bond donors (Lipinski definition) is 2. The van der Waals surface area contributed by atoms with Crippen LogP contribution >= 0.6 is 0 Å². The first-order chi connectivity index (χ1) is 11.8. The number of hydrogen-bond acceptors (Lipinski definition) is 3. The number of nitrogens with one attached hydrogen (secondary N) is 1. The Balaban J connectivity index is 1.31. The highest BCUT2D eigenvalue weighted by atomic mass is 16.3. The van der Waals surface area contributed by atoms with Crippen LogP contribution in [0.4, 0.5) is 0 Å². The van der Waals surface area contributed by atoms with Gasteiger partial charge in [-0.05, 0) is 87.1 Å². The first-order valence-electron chi connectivity index (χ1n) is 10.5. The average molecular weight is 349 g/mol. The van der Waals surface area contributed by atoms with Crippen LogP contribution in [0.2, 0.25) is 0 Å². The van der Waals surface area contributed by atoms with Gasteiger partial charge in [-0.15, -0.1) is 0 Å². The Hall–Kier alpha value is -0.610. The van der Waals surface area contributed by atoms with E-state index in [0.29, 0.717) is 29.3 Å². The number of nitrogens with zero attached hydrogens (tertiary/aromatic N) is 1. The van der Waals surface area contributed by atoms with Gasteiger partial charge in [-0.3, -0.25) is 4.79 Å². The molecule has 1 aliphatic heterocycles. The maximum absolute atomic E-state index is 13.2. The van der Waals surface area contributed by atoms with Crippen LogP contribution in [-0.4, -0.2) is 48.7 Å². The zero-order valence-electron chi connectivity index (χ0n) is 16.1. The highest BCUT2D eigenvalue weighted by Gasteiger charge is 2.62. The molecule has 5 rings (SSSR count). The second-order valence-corrected chi connectivity index (χ2v) is 10.6. The van der Waals surface area contributed by atoms with Crippen molar-refractivity contribution in [1.82, 2.24) is 10.2 Å². The fraction of sp³-hybridized carbons (Fsp3) is 0.952. The van der Waals surface area contributed by atoms with Crippen molar-refractivity contribution in [1.29, 1.82) is 0 Å². The quantitative estimate of drug-likeness (QED) is 0.803. The summed E-state index contributed by atoms with van der Waals surface area (Å²) in [6, 6.07) is 0. The van der Waals surface area contributed by atoms with Gasteiger partial charge in [-0.25, -0.2) is 0 Å². The van der Waals surface area contributed by atoms with Crippen molar-refractivity contribution < 1.29 is 9.90 Å². The van der Waals surface area contributed by atoms with E-state index in [2.05, 4.69) is 24.1 Å². The minimum absolute atomic E-state index is 0.0766. The van der Waals surface area contributed by atoms with Gasteiger partial charge < -0.3 is 15.3 Å². The molecule has 0 spiro atoms. The number of carbonyl (C=O) groups excluding carboxylic acids is 1. The van der Waals surface area contributed by atoms with E-state index in [1.54, 1.807) is 0 Å².